The zero-order valence-electron chi connectivity index (χ0n) is 13.2. The first-order chi connectivity index (χ1) is 11.4. The van der Waals surface area contributed by atoms with E-state index in [0.717, 1.165) is 11.8 Å². The Labute approximate surface area is 139 Å². The molecular weight excluding hydrogens is 334 g/mol. The first-order valence-electron chi connectivity index (χ1n) is 7.35. The van der Waals surface area contributed by atoms with Gasteiger partial charge in [-0.25, -0.2) is 8.42 Å². The number of nitro benzene ring substituents is 1. The molecule has 8 nitrogen and oxygen atoms in total. The highest BCUT2D eigenvalue weighted by atomic mass is 32.2. The fourth-order valence-electron chi connectivity index (χ4n) is 2.99. The molecule has 24 heavy (non-hydrogen) atoms. The van der Waals surface area contributed by atoms with E-state index in [1.165, 1.54) is 23.5 Å². The summed E-state index contributed by atoms with van der Waals surface area (Å²) in [4.78, 5) is 10.4. The van der Waals surface area contributed by atoms with E-state index < -0.39 is 14.9 Å². The summed E-state index contributed by atoms with van der Waals surface area (Å²) in [6, 6.07) is 7.10. The van der Waals surface area contributed by atoms with Crippen molar-refractivity contribution in [3.05, 3.63) is 52.3 Å². The number of methoxy groups -OCH3 is 1. The smallest absolute Gasteiger partial charge is 0.312 e. The van der Waals surface area contributed by atoms with Gasteiger partial charge < -0.3 is 9.30 Å². The summed E-state index contributed by atoms with van der Waals surface area (Å²) in [5.74, 6) is 0.0273. The van der Waals surface area contributed by atoms with Crippen molar-refractivity contribution in [2.24, 2.45) is 0 Å². The summed E-state index contributed by atoms with van der Waals surface area (Å²) in [6.45, 7) is 2.66. The molecule has 0 unspecified atom stereocenters. The Balaban J connectivity index is 2.03. The third-order valence-electron chi connectivity index (χ3n) is 4.24. The molecule has 0 radical (unpaired) electrons. The zero-order chi connectivity index (χ0) is 17.5. The van der Waals surface area contributed by atoms with Crippen LogP contribution in [0.1, 0.15) is 18.7 Å². The Hall–Kier alpha value is -2.39. The maximum atomic E-state index is 13.0. The van der Waals surface area contributed by atoms with Crippen molar-refractivity contribution in [2.75, 3.05) is 13.7 Å². The number of ether oxygens (including phenoxy) is 1. The Bertz CT molecular complexity index is 890. The summed E-state index contributed by atoms with van der Waals surface area (Å²) >= 11 is 0. The van der Waals surface area contributed by atoms with Crippen molar-refractivity contribution in [3.8, 4) is 5.75 Å². The third-order valence-corrected chi connectivity index (χ3v) is 6.21. The quantitative estimate of drug-likeness (QED) is 0.621. The van der Waals surface area contributed by atoms with E-state index in [9.17, 15) is 18.5 Å². The van der Waals surface area contributed by atoms with E-state index in [4.69, 9.17) is 4.74 Å². The summed E-state index contributed by atoms with van der Waals surface area (Å²) in [6.07, 6.45) is 1.91. The molecule has 2 aromatic rings. The van der Waals surface area contributed by atoms with Crippen LogP contribution < -0.4 is 4.74 Å². The minimum Gasteiger partial charge on any atom is -0.490 e. The normalized spacial score (nSPS) is 18.2. The van der Waals surface area contributed by atoms with Crippen LogP contribution in [0.5, 0.6) is 5.75 Å². The molecule has 0 saturated heterocycles. The molecule has 1 atom stereocenters. The largest absolute Gasteiger partial charge is 0.490 e. The average molecular weight is 351 g/mol. The minimum atomic E-state index is -3.85. The second kappa shape index (κ2) is 5.91. The van der Waals surface area contributed by atoms with Crippen molar-refractivity contribution >= 4 is 15.7 Å². The summed E-state index contributed by atoms with van der Waals surface area (Å²) in [7, 11) is -2.55. The molecule has 0 N–H and O–H groups in total. The van der Waals surface area contributed by atoms with Gasteiger partial charge in [-0.15, -0.1) is 0 Å². The number of nitrogens with zero attached hydrogens (tertiary/aromatic N) is 3. The van der Waals surface area contributed by atoms with E-state index >= 15 is 0 Å². The molecule has 1 aromatic heterocycles. The second-order valence-electron chi connectivity index (χ2n) is 5.51. The van der Waals surface area contributed by atoms with Gasteiger partial charge in [0.2, 0.25) is 10.0 Å². The van der Waals surface area contributed by atoms with E-state index in [-0.39, 0.29) is 22.4 Å². The van der Waals surface area contributed by atoms with Crippen molar-refractivity contribution in [3.63, 3.8) is 0 Å². The third kappa shape index (κ3) is 2.55. The Kier molecular flexibility index (Phi) is 4.06. The van der Waals surface area contributed by atoms with Gasteiger partial charge in [0, 0.05) is 31.0 Å². The van der Waals surface area contributed by atoms with Crippen LogP contribution >= 0.6 is 0 Å². The average Bonchev–Trinajstić information content (AvgIpc) is 3.03. The molecule has 0 aliphatic carbocycles. The number of nitro groups is 1. The summed E-state index contributed by atoms with van der Waals surface area (Å²) in [5, 5.41) is 11.1. The molecule has 0 bridgehead atoms. The highest BCUT2D eigenvalue weighted by Gasteiger charge is 2.35. The standard InChI is InChI=1S/C15H17N3O5S/c1-11-13-4-3-7-16(13)8-9-17(11)24(21,22)12-5-6-15(23-2)14(10-12)18(19)20/h3-7,10-11H,8-9H2,1-2H3/t11-/m1/s1. The molecule has 0 fully saturated rings. The van der Waals surface area contributed by atoms with Gasteiger partial charge >= 0.3 is 5.69 Å². The number of hydrogen-bond donors (Lipinski definition) is 0. The summed E-state index contributed by atoms with van der Waals surface area (Å²) in [5.41, 5.74) is 0.527. The lowest BCUT2D eigenvalue weighted by molar-refractivity contribution is -0.386. The fraction of sp³-hybridized carbons (Fsp3) is 0.333. The number of hydrogen-bond acceptors (Lipinski definition) is 5. The van der Waals surface area contributed by atoms with Gasteiger partial charge in [0.15, 0.2) is 5.75 Å². The Morgan fingerprint density at radius 2 is 2.04 bits per heavy atom. The molecule has 2 heterocycles. The molecular formula is C15H17N3O5S. The molecule has 1 aromatic carbocycles. The van der Waals surface area contributed by atoms with Crippen LogP contribution in [0.25, 0.3) is 0 Å². The van der Waals surface area contributed by atoms with Gasteiger partial charge in [-0.05, 0) is 31.2 Å². The van der Waals surface area contributed by atoms with Gasteiger partial charge in [-0.2, -0.15) is 4.31 Å². The lowest BCUT2D eigenvalue weighted by Gasteiger charge is -2.33. The van der Waals surface area contributed by atoms with Crippen LogP contribution in [0.2, 0.25) is 0 Å². The maximum Gasteiger partial charge on any atom is 0.312 e. The SMILES string of the molecule is COc1ccc(S(=O)(=O)N2CCn3cccc3[C@H]2C)cc1[N+](=O)[O-]. The first kappa shape index (κ1) is 16.5. The lowest BCUT2D eigenvalue weighted by atomic mass is 10.2. The molecule has 128 valence electrons. The first-order valence-corrected chi connectivity index (χ1v) is 8.79. The van der Waals surface area contributed by atoms with E-state index in [0.29, 0.717) is 13.1 Å². The van der Waals surface area contributed by atoms with Crippen LogP contribution in [0.3, 0.4) is 0 Å². The lowest BCUT2D eigenvalue weighted by Crippen LogP contribution is -2.40. The molecule has 3 rings (SSSR count). The number of fused-ring (bicyclic) bond motifs is 1. The second-order valence-corrected chi connectivity index (χ2v) is 7.40. The molecule has 1 aliphatic rings. The molecule has 9 heteroatoms. The maximum absolute atomic E-state index is 13.0. The molecule has 1 aliphatic heterocycles. The minimum absolute atomic E-state index is 0.0273. The predicted octanol–water partition coefficient (Wildman–Crippen LogP) is 2.17. The highest BCUT2D eigenvalue weighted by molar-refractivity contribution is 7.89. The highest BCUT2D eigenvalue weighted by Crippen LogP contribution is 2.34. The van der Waals surface area contributed by atoms with E-state index in [1.54, 1.807) is 6.92 Å². The van der Waals surface area contributed by atoms with Crippen LogP contribution in [0, 0.1) is 10.1 Å². The van der Waals surface area contributed by atoms with Crippen molar-refractivity contribution in [2.45, 2.75) is 24.4 Å². The van der Waals surface area contributed by atoms with Crippen molar-refractivity contribution < 1.29 is 18.1 Å². The number of sulfonamides is 1. The van der Waals surface area contributed by atoms with Crippen molar-refractivity contribution in [1.29, 1.82) is 0 Å². The van der Waals surface area contributed by atoms with Crippen molar-refractivity contribution in [1.82, 2.24) is 8.87 Å². The van der Waals surface area contributed by atoms with Gasteiger partial charge in [-0.1, -0.05) is 0 Å². The Morgan fingerprint density at radius 3 is 2.71 bits per heavy atom. The monoisotopic (exact) mass is 351 g/mol. The summed E-state index contributed by atoms with van der Waals surface area (Å²) < 4.78 is 34.2. The van der Waals surface area contributed by atoms with Gasteiger partial charge in [0.05, 0.1) is 23.0 Å². The topological polar surface area (TPSA) is 94.7 Å². The number of benzene rings is 1. The zero-order valence-corrected chi connectivity index (χ0v) is 14.1. The van der Waals surface area contributed by atoms with Crippen LogP contribution in [0.4, 0.5) is 5.69 Å². The van der Waals surface area contributed by atoms with Crippen LogP contribution in [-0.2, 0) is 16.6 Å². The Morgan fingerprint density at radius 1 is 1.29 bits per heavy atom. The number of rotatable bonds is 4. The van der Waals surface area contributed by atoms with Gasteiger partial charge in [0.25, 0.3) is 0 Å². The fourth-order valence-corrected chi connectivity index (χ4v) is 4.61. The van der Waals surface area contributed by atoms with E-state index in [2.05, 4.69) is 0 Å². The van der Waals surface area contributed by atoms with Gasteiger partial charge in [-0.3, -0.25) is 10.1 Å². The van der Waals surface area contributed by atoms with Crippen LogP contribution in [0.15, 0.2) is 41.4 Å². The molecule has 0 spiro atoms. The van der Waals surface area contributed by atoms with Gasteiger partial charge in [0.1, 0.15) is 0 Å². The molecule has 0 saturated carbocycles. The van der Waals surface area contributed by atoms with E-state index in [1.807, 2.05) is 22.9 Å². The predicted molar refractivity (Wildman–Crippen MR) is 86.4 cm³/mol. The molecule has 0 amide bonds. The van der Waals surface area contributed by atoms with Crippen LogP contribution in [-0.4, -0.2) is 35.9 Å². The number of aromatic nitrogens is 1.